The highest BCUT2D eigenvalue weighted by molar-refractivity contribution is 5.78. The second-order valence-electron chi connectivity index (χ2n) is 3.50. The van der Waals surface area contributed by atoms with Crippen molar-refractivity contribution < 1.29 is 19.4 Å². The van der Waals surface area contributed by atoms with Crippen molar-refractivity contribution in [1.82, 2.24) is 0 Å². The van der Waals surface area contributed by atoms with Crippen LogP contribution in [0, 0.1) is 0 Å². The van der Waals surface area contributed by atoms with Crippen molar-refractivity contribution in [3.63, 3.8) is 0 Å². The first-order chi connectivity index (χ1) is 6.83. The number of hydrogen-bond acceptors (Lipinski definition) is 5. The molecule has 4 N–H and O–H groups in total. The lowest BCUT2D eigenvalue weighted by Gasteiger charge is -2.17. The van der Waals surface area contributed by atoms with Gasteiger partial charge in [0.15, 0.2) is 5.75 Å². The molecule has 1 atom stereocenters. The summed E-state index contributed by atoms with van der Waals surface area (Å²) in [6.45, 7) is 1.31. The molecule has 6 nitrogen and oxygen atoms in total. The van der Waals surface area contributed by atoms with Gasteiger partial charge in [-0.2, -0.15) is 0 Å². The summed E-state index contributed by atoms with van der Waals surface area (Å²) in [6, 6.07) is 1.02. The Labute approximate surface area is 84.9 Å². The standard InChI is InChI=1S/C9H11NO5/c1-9(10,8(13)14)3-5-2-6(11)7(12)4-15-5/h2,4,12H,3,10H2,1H3,(H,13,14)/t9-/m0/s1. The molecule has 0 aliphatic carbocycles. The van der Waals surface area contributed by atoms with Crippen LogP contribution >= 0.6 is 0 Å². The molecule has 6 heteroatoms. The molecule has 82 valence electrons. The van der Waals surface area contributed by atoms with Gasteiger partial charge in [0.1, 0.15) is 17.6 Å². The van der Waals surface area contributed by atoms with Crippen LogP contribution in [0.5, 0.6) is 5.75 Å². The van der Waals surface area contributed by atoms with E-state index in [1.807, 2.05) is 0 Å². The van der Waals surface area contributed by atoms with Gasteiger partial charge in [-0.15, -0.1) is 0 Å². The molecule has 0 aromatic carbocycles. The van der Waals surface area contributed by atoms with Crippen molar-refractivity contribution in [3.8, 4) is 5.75 Å². The van der Waals surface area contributed by atoms with E-state index in [9.17, 15) is 9.59 Å². The lowest BCUT2D eigenvalue weighted by atomic mass is 9.98. The summed E-state index contributed by atoms with van der Waals surface area (Å²) in [5.74, 6) is -1.60. The van der Waals surface area contributed by atoms with Crippen LogP contribution in [-0.2, 0) is 11.2 Å². The topological polar surface area (TPSA) is 114 Å². The summed E-state index contributed by atoms with van der Waals surface area (Å²) in [7, 11) is 0. The predicted octanol–water partition coefficient (Wildman–Crippen LogP) is -0.310. The molecule has 1 heterocycles. The predicted molar refractivity (Wildman–Crippen MR) is 50.6 cm³/mol. The Morgan fingerprint density at radius 3 is 2.73 bits per heavy atom. The summed E-state index contributed by atoms with van der Waals surface area (Å²) in [6.07, 6.45) is 0.730. The van der Waals surface area contributed by atoms with Crippen LogP contribution in [0.3, 0.4) is 0 Å². The minimum atomic E-state index is -1.51. The molecule has 0 radical (unpaired) electrons. The molecular weight excluding hydrogens is 202 g/mol. The van der Waals surface area contributed by atoms with E-state index in [2.05, 4.69) is 0 Å². The summed E-state index contributed by atoms with van der Waals surface area (Å²) in [5, 5.41) is 17.6. The van der Waals surface area contributed by atoms with Crippen molar-refractivity contribution in [3.05, 3.63) is 28.3 Å². The SMILES string of the molecule is C[C@](N)(Cc1cc(=O)c(O)co1)C(=O)O. The number of aliphatic carboxylic acids is 1. The molecule has 0 spiro atoms. The number of aromatic hydroxyl groups is 1. The van der Waals surface area contributed by atoms with E-state index in [1.165, 1.54) is 6.92 Å². The Hall–Kier alpha value is -1.82. The summed E-state index contributed by atoms with van der Waals surface area (Å²) in [5.41, 5.74) is 3.32. The van der Waals surface area contributed by atoms with E-state index < -0.39 is 22.7 Å². The Morgan fingerprint density at radius 1 is 1.67 bits per heavy atom. The van der Waals surface area contributed by atoms with Crippen molar-refractivity contribution >= 4 is 5.97 Å². The quantitative estimate of drug-likeness (QED) is 0.634. The van der Waals surface area contributed by atoms with Gasteiger partial charge in [-0.1, -0.05) is 0 Å². The average molecular weight is 213 g/mol. The fourth-order valence-corrected chi connectivity index (χ4v) is 0.974. The lowest BCUT2D eigenvalue weighted by molar-refractivity contribution is -0.142. The largest absolute Gasteiger partial charge is 0.502 e. The molecule has 0 amide bonds. The minimum absolute atomic E-state index is 0.116. The van der Waals surface area contributed by atoms with Gasteiger partial charge in [-0.25, -0.2) is 0 Å². The van der Waals surface area contributed by atoms with Gasteiger partial charge >= 0.3 is 5.97 Å². The molecule has 0 bridgehead atoms. The monoisotopic (exact) mass is 213 g/mol. The number of carboxylic acids is 1. The van der Waals surface area contributed by atoms with Crippen molar-refractivity contribution in [2.45, 2.75) is 18.9 Å². The van der Waals surface area contributed by atoms with Crippen LogP contribution in [0.15, 0.2) is 21.5 Å². The van der Waals surface area contributed by atoms with Crippen LogP contribution in [-0.4, -0.2) is 21.7 Å². The average Bonchev–Trinajstić information content (AvgIpc) is 2.10. The molecule has 15 heavy (non-hydrogen) atoms. The van der Waals surface area contributed by atoms with Crippen molar-refractivity contribution in [2.75, 3.05) is 0 Å². The van der Waals surface area contributed by atoms with E-state index in [0.717, 1.165) is 12.3 Å². The fourth-order valence-electron chi connectivity index (χ4n) is 0.974. The third-order valence-electron chi connectivity index (χ3n) is 1.90. The van der Waals surface area contributed by atoms with E-state index in [-0.39, 0.29) is 12.2 Å². The van der Waals surface area contributed by atoms with Crippen LogP contribution in [0.25, 0.3) is 0 Å². The van der Waals surface area contributed by atoms with Gasteiger partial charge in [-0.05, 0) is 6.92 Å². The zero-order chi connectivity index (χ0) is 11.6. The van der Waals surface area contributed by atoms with Crippen LogP contribution < -0.4 is 11.2 Å². The van der Waals surface area contributed by atoms with E-state index >= 15 is 0 Å². The third-order valence-corrected chi connectivity index (χ3v) is 1.90. The molecule has 1 aromatic rings. The third kappa shape index (κ3) is 2.57. The molecule has 0 fully saturated rings. The Morgan fingerprint density at radius 2 is 2.27 bits per heavy atom. The summed E-state index contributed by atoms with van der Waals surface area (Å²) >= 11 is 0. The van der Waals surface area contributed by atoms with Crippen LogP contribution in [0.2, 0.25) is 0 Å². The van der Waals surface area contributed by atoms with Gasteiger partial charge in [0, 0.05) is 12.5 Å². The number of hydrogen-bond donors (Lipinski definition) is 3. The second-order valence-corrected chi connectivity index (χ2v) is 3.50. The number of nitrogens with two attached hydrogens (primary N) is 1. The van der Waals surface area contributed by atoms with Crippen molar-refractivity contribution in [2.24, 2.45) is 5.73 Å². The number of carbonyl (C=O) groups is 1. The highest BCUT2D eigenvalue weighted by atomic mass is 16.4. The van der Waals surface area contributed by atoms with Gasteiger partial charge in [-0.3, -0.25) is 9.59 Å². The first-order valence-corrected chi connectivity index (χ1v) is 4.16. The smallest absolute Gasteiger partial charge is 0.323 e. The summed E-state index contributed by atoms with van der Waals surface area (Å²) in [4.78, 5) is 21.7. The summed E-state index contributed by atoms with van der Waals surface area (Å²) < 4.78 is 4.83. The molecule has 0 aliphatic heterocycles. The normalized spacial score (nSPS) is 14.5. The van der Waals surface area contributed by atoms with Gasteiger partial charge in [0.2, 0.25) is 5.43 Å². The highest BCUT2D eigenvalue weighted by Crippen LogP contribution is 2.11. The lowest BCUT2D eigenvalue weighted by Crippen LogP contribution is -2.46. The Balaban J connectivity index is 2.96. The zero-order valence-electron chi connectivity index (χ0n) is 8.06. The van der Waals surface area contributed by atoms with E-state index in [1.54, 1.807) is 0 Å². The maximum Gasteiger partial charge on any atom is 0.323 e. The first kappa shape index (κ1) is 11.3. The second kappa shape index (κ2) is 3.74. The molecule has 1 aromatic heterocycles. The van der Waals surface area contributed by atoms with Gasteiger partial charge < -0.3 is 20.4 Å². The Kier molecular flexibility index (Phi) is 2.81. The number of carboxylic acid groups (broad SMARTS) is 1. The molecule has 1 rings (SSSR count). The van der Waals surface area contributed by atoms with Crippen LogP contribution in [0.1, 0.15) is 12.7 Å². The molecule has 0 saturated carbocycles. The molecular formula is C9H11NO5. The first-order valence-electron chi connectivity index (χ1n) is 4.16. The fraction of sp³-hybridized carbons (Fsp3) is 0.333. The molecule has 0 aliphatic rings. The molecule has 0 saturated heterocycles. The van der Waals surface area contributed by atoms with E-state index in [0.29, 0.717) is 0 Å². The van der Waals surface area contributed by atoms with Crippen molar-refractivity contribution in [1.29, 1.82) is 0 Å². The molecule has 0 unspecified atom stereocenters. The maximum absolute atomic E-state index is 11.0. The van der Waals surface area contributed by atoms with Gasteiger partial charge in [0.05, 0.1) is 0 Å². The zero-order valence-corrected chi connectivity index (χ0v) is 8.06. The van der Waals surface area contributed by atoms with E-state index in [4.69, 9.17) is 20.4 Å². The maximum atomic E-state index is 11.0. The minimum Gasteiger partial charge on any atom is -0.502 e. The van der Waals surface area contributed by atoms with Gasteiger partial charge in [0.25, 0.3) is 0 Å². The highest BCUT2D eigenvalue weighted by Gasteiger charge is 2.29. The Bertz CT molecular complexity index is 434. The number of rotatable bonds is 3. The van der Waals surface area contributed by atoms with Crippen LogP contribution in [0.4, 0.5) is 0 Å².